The molecular weight excluding hydrogens is 512 g/mol. The van der Waals surface area contributed by atoms with Crippen LogP contribution in [-0.2, 0) is 18.9 Å². The average Bonchev–Trinajstić information content (AvgIpc) is 2.84. The van der Waals surface area contributed by atoms with Crippen LogP contribution in [0, 0.1) is 41.0 Å². The molecule has 0 bridgehead atoms. The first-order valence-electron chi connectivity index (χ1n) is 10.6. The maximum Gasteiger partial charge on any atom is 0.342 e. The minimum Gasteiger partial charge on any atom is -0.502 e. The van der Waals surface area contributed by atoms with Crippen LogP contribution in [0.2, 0.25) is 0 Å². The Labute approximate surface area is 217 Å². The van der Waals surface area contributed by atoms with Gasteiger partial charge in [-0.15, -0.1) is 0 Å². The van der Waals surface area contributed by atoms with Crippen molar-refractivity contribution >= 4 is 23.3 Å². The topological polar surface area (TPSA) is 196 Å². The van der Waals surface area contributed by atoms with E-state index in [1.807, 2.05) is 0 Å². The monoisotopic (exact) mass is 540 g/mol. The number of phenolic OH excluding ortho intramolecular Hbond substituents is 1. The Bertz CT molecular complexity index is 1120. The Morgan fingerprint density at radius 2 is 1.16 bits per heavy atom. The Hall–Kier alpha value is -4.50. The van der Waals surface area contributed by atoms with Crippen LogP contribution in [0.1, 0.15) is 37.4 Å². The highest BCUT2D eigenvalue weighted by atomic mass is 16.7. The second kappa shape index (κ2) is 14.3. The molecule has 0 aliphatic rings. The predicted octanol–water partition coefficient (Wildman–Crippen LogP) is 3.36. The minimum atomic E-state index is -0.799. The normalized spacial score (nSPS) is 10.1. The maximum atomic E-state index is 11.7. The summed E-state index contributed by atoms with van der Waals surface area (Å²) in [6.07, 6.45) is 0. The van der Waals surface area contributed by atoms with Gasteiger partial charge in [0.15, 0.2) is 19.3 Å². The molecule has 0 saturated carbocycles. The van der Waals surface area contributed by atoms with E-state index in [1.54, 1.807) is 6.92 Å². The molecule has 0 amide bonds. The summed E-state index contributed by atoms with van der Waals surface area (Å²) >= 11 is 0. The zero-order valence-electron chi connectivity index (χ0n) is 21.8. The summed E-state index contributed by atoms with van der Waals surface area (Å²) in [7, 11) is 5.15. The summed E-state index contributed by atoms with van der Waals surface area (Å²) < 4.78 is 29.0. The van der Waals surface area contributed by atoms with Crippen LogP contribution in [-0.4, -0.2) is 68.9 Å². The first kappa shape index (κ1) is 31.5. The molecule has 1 N–H and O–H groups in total. The molecule has 38 heavy (non-hydrogen) atoms. The van der Waals surface area contributed by atoms with E-state index >= 15 is 0 Å². The van der Waals surface area contributed by atoms with Crippen molar-refractivity contribution in [1.82, 2.24) is 0 Å². The number of ether oxygens (including phenoxy) is 6. The molecule has 0 aromatic heterocycles. The van der Waals surface area contributed by atoms with Gasteiger partial charge in [-0.05, 0) is 26.8 Å². The lowest BCUT2D eigenvalue weighted by Gasteiger charge is -2.13. The number of phenols is 1. The molecule has 0 fully saturated rings. The molecule has 208 valence electrons. The Morgan fingerprint density at radius 1 is 0.763 bits per heavy atom. The highest BCUT2D eigenvalue weighted by molar-refractivity contribution is 5.96. The van der Waals surface area contributed by atoms with E-state index in [2.05, 4.69) is 14.2 Å². The van der Waals surface area contributed by atoms with Crippen LogP contribution in [0.5, 0.6) is 17.2 Å². The standard InChI is InChI=1S/C12H15NO6.C11H13NO7/c1-7-5-9(19-6-17-3)10(12(14)18-4)8(2)11(7)13(15)16;1-6-9(11(14)18-3)8(19-5-17-2)4-7(13)10(6)12(15)16/h5H,6H2,1-4H3;4,13H,5H2,1-3H3. The summed E-state index contributed by atoms with van der Waals surface area (Å²) in [4.78, 5) is 44.0. The Kier molecular flexibility index (Phi) is 11.9. The first-order valence-corrected chi connectivity index (χ1v) is 10.6. The number of aromatic hydroxyl groups is 1. The second-order valence-corrected chi connectivity index (χ2v) is 7.38. The summed E-state index contributed by atoms with van der Waals surface area (Å²) in [5.74, 6) is -1.93. The van der Waals surface area contributed by atoms with Crippen molar-refractivity contribution in [2.45, 2.75) is 20.8 Å². The molecule has 2 rings (SSSR count). The van der Waals surface area contributed by atoms with E-state index in [4.69, 9.17) is 14.2 Å². The van der Waals surface area contributed by atoms with Gasteiger partial charge in [0.25, 0.3) is 5.69 Å². The van der Waals surface area contributed by atoms with Crippen molar-refractivity contribution in [3.8, 4) is 17.2 Å². The number of carbonyl (C=O) groups excluding carboxylic acids is 2. The van der Waals surface area contributed by atoms with Crippen molar-refractivity contribution in [1.29, 1.82) is 0 Å². The summed E-state index contributed by atoms with van der Waals surface area (Å²) in [5, 5.41) is 31.5. The fourth-order valence-electron chi connectivity index (χ4n) is 3.39. The van der Waals surface area contributed by atoms with Crippen LogP contribution in [0.25, 0.3) is 0 Å². The van der Waals surface area contributed by atoms with Gasteiger partial charge in [-0.2, -0.15) is 0 Å². The maximum absolute atomic E-state index is 11.7. The number of nitro benzene ring substituents is 2. The van der Waals surface area contributed by atoms with Crippen LogP contribution in [0.4, 0.5) is 11.4 Å². The molecule has 0 saturated heterocycles. The van der Waals surface area contributed by atoms with Crippen LogP contribution < -0.4 is 9.47 Å². The third kappa shape index (κ3) is 7.27. The average molecular weight is 540 g/mol. The van der Waals surface area contributed by atoms with Gasteiger partial charge in [0, 0.05) is 37.0 Å². The van der Waals surface area contributed by atoms with Crippen molar-refractivity contribution in [2.24, 2.45) is 0 Å². The first-order chi connectivity index (χ1) is 17.9. The van der Waals surface area contributed by atoms with Crippen molar-refractivity contribution in [3.63, 3.8) is 0 Å². The number of rotatable bonds is 10. The zero-order chi connectivity index (χ0) is 29.2. The number of hydrogen-bond acceptors (Lipinski definition) is 13. The number of benzene rings is 2. The summed E-state index contributed by atoms with van der Waals surface area (Å²) in [5.41, 5.74) is -0.191. The second-order valence-electron chi connectivity index (χ2n) is 7.38. The van der Waals surface area contributed by atoms with Crippen molar-refractivity contribution in [3.05, 3.63) is 60.2 Å². The Morgan fingerprint density at radius 3 is 1.53 bits per heavy atom. The molecule has 0 radical (unpaired) electrons. The third-order valence-electron chi connectivity index (χ3n) is 4.99. The van der Waals surface area contributed by atoms with Crippen LogP contribution in [0.3, 0.4) is 0 Å². The molecule has 0 unspecified atom stereocenters. The zero-order valence-corrected chi connectivity index (χ0v) is 21.8. The number of nitro groups is 2. The lowest BCUT2D eigenvalue weighted by molar-refractivity contribution is -0.386. The van der Waals surface area contributed by atoms with E-state index < -0.39 is 33.2 Å². The van der Waals surface area contributed by atoms with E-state index in [0.717, 1.165) is 13.2 Å². The van der Waals surface area contributed by atoms with Gasteiger partial charge in [-0.25, -0.2) is 9.59 Å². The third-order valence-corrected chi connectivity index (χ3v) is 4.99. The smallest absolute Gasteiger partial charge is 0.342 e. The number of esters is 2. The molecule has 2 aromatic rings. The Balaban J connectivity index is 0.000000380. The SMILES string of the molecule is COCOc1cc(C)c([N+](=O)[O-])c(C)c1C(=O)OC.COCOc1cc(O)c([N+](=O)[O-])c(C)c1C(=O)OC. The lowest BCUT2D eigenvalue weighted by atomic mass is 10.0. The number of carbonyl (C=O) groups is 2. The molecule has 0 aliphatic carbocycles. The fraction of sp³-hybridized carbons (Fsp3) is 0.391. The van der Waals surface area contributed by atoms with Gasteiger partial charge in [-0.3, -0.25) is 20.2 Å². The highest BCUT2D eigenvalue weighted by Crippen LogP contribution is 2.38. The predicted molar refractivity (Wildman–Crippen MR) is 130 cm³/mol. The minimum absolute atomic E-state index is 0.0388. The molecule has 15 nitrogen and oxygen atoms in total. The molecule has 15 heteroatoms. The number of hydrogen-bond donors (Lipinski definition) is 1. The van der Waals surface area contributed by atoms with Gasteiger partial charge >= 0.3 is 17.6 Å². The van der Waals surface area contributed by atoms with E-state index in [0.29, 0.717) is 5.56 Å². The van der Waals surface area contributed by atoms with Crippen LogP contribution in [0.15, 0.2) is 12.1 Å². The van der Waals surface area contributed by atoms with E-state index in [9.17, 15) is 34.9 Å². The molecule has 0 spiro atoms. The molecule has 0 atom stereocenters. The largest absolute Gasteiger partial charge is 0.502 e. The van der Waals surface area contributed by atoms with Gasteiger partial charge in [0.1, 0.15) is 22.6 Å². The van der Waals surface area contributed by atoms with E-state index in [1.165, 1.54) is 41.2 Å². The van der Waals surface area contributed by atoms with Crippen LogP contribution >= 0.6 is 0 Å². The number of methoxy groups -OCH3 is 4. The number of aryl methyl sites for hydroxylation is 1. The molecule has 2 aromatic carbocycles. The van der Waals surface area contributed by atoms with Crippen molar-refractivity contribution in [2.75, 3.05) is 42.0 Å². The fourth-order valence-corrected chi connectivity index (χ4v) is 3.39. The molecular formula is C23H28N2O13. The van der Waals surface area contributed by atoms with Crippen molar-refractivity contribution < 1.29 is 53.0 Å². The summed E-state index contributed by atoms with van der Waals surface area (Å²) in [6.45, 7) is 4.13. The quantitative estimate of drug-likeness (QED) is 0.199. The number of nitrogens with zero attached hydrogens (tertiary/aromatic N) is 2. The summed E-state index contributed by atoms with van der Waals surface area (Å²) in [6, 6.07) is 2.41. The van der Waals surface area contributed by atoms with Gasteiger partial charge < -0.3 is 33.5 Å². The lowest BCUT2D eigenvalue weighted by Crippen LogP contribution is -2.11. The highest BCUT2D eigenvalue weighted by Gasteiger charge is 2.29. The van der Waals surface area contributed by atoms with Gasteiger partial charge in [0.2, 0.25) is 0 Å². The van der Waals surface area contributed by atoms with E-state index in [-0.39, 0.29) is 53.0 Å². The van der Waals surface area contributed by atoms with Gasteiger partial charge in [-0.1, -0.05) is 0 Å². The molecule has 0 aliphatic heterocycles. The molecule has 0 heterocycles. The van der Waals surface area contributed by atoms with Gasteiger partial charge in [0.05, 0.1) is 24.1 Å².